The number of pyridine rings is 6. The van der Waals surface area contributed by atoms with Gasteiger partial charge in [0.15, 0.2) is 0 Å². The molecule has 582 valence electrons. The van der Waals surface area contributed by atoms with Crippen molar-refractivity contribution < 1.29 is 64.2 Å². The van der Waals surface area contributed by atoms with Crippen LogP contribution in [0.3, 0.4) is 0 Å². The molecular formula is C102H81IrN6O9. The van der Waals surface area contributed by atoms with Crippen LogP contribution in [-0.2, 0) is 48.9 Å². The summed E-state index contributed by atoms with van der Waals surface area (Å²) < 4.78 is 0. The molecule has 0 spiro atoms. The van der Waals surface area contributed by atoms with Crippen molar-refractivity contribution in [1.29, 1.82) is 0 Å². The van der Waals surface area contributed by atoms with Crippen molar-refractivity contribution in [2.24, 2.45) is 0 Å². The molecule has 0 saturated heterocycles. The maximum absolute atomic E-state index is 9.83. The van der Waals surface area contributed by atoms with Crippen LogP contribution in [0, 0.1) is 0 Å². The van der Waals surface area contributed by atoms with E-state index < -0.39 is 37.2 Å². The van der Waals surface area contributed by atoms with Crippen molar-refractivity contribution in [3.63, 3.8) is 0 Å². The third-order valence-electron chi connectivity index (χ3n) is 17.5. The molecule has 118 heavy (non-hydrogen) atoms. The van der Waals surface area contributed by atoms with E-state index in [2.05, 4.69) is 248 Å². The molecule has 0 saturated carbocycles. The number of nitrogens with zero attached hydrogens (tertiary/aromatic N) is 6. The number of fused-ring (bicyclic) bond motifs is 6. The quantitative estimate of drug-likeness (QED) is 0.103. The molecule has 0 bridgehead atoms. The summed E-state index contributed by atoms with van der Waals surface area (Å²) >= 11 is 0. The van der Waals surface area contributed by atoms with E-state index in [1.165, 1.54) is 119 Å². The van der Waals surface area contributed by atoms with Gasteiger partial charge < -0.3 is 29.7 Å². The summed E-state index contributed by atoms with van der Waals surface area (Å²) in [5.41, 5.74) is 13.3. The van der Waals surface area contributed by atoms with Gasteiger partial charge in [-0.2, -0.15) is 0 Å². The van der Waals surface area contributed by atoms with Gasteiger partial charge in [0.1, 0.15) is 17.3 Å². The van der Waals surface area contributed by atoms with Crippen LogP contribution in [0.2, 0.25) is 0 Å². The maximum atomic E-state index is 9.83. The normalized spacial score (nSPS) is 9.99. The van der Waals surface area contributed by atoms with E-state index in [0.29, 0.717) is 0 Å². The van der Waals surface area contributed by atoms with Crippen LogP contribution >= 0.6 is 0 Å². The van der Waals surface area contributed by atoms with Crippen LogP contribution in [-0.4, -0.2) is 65.2 Å². The standard InChI is InChI=1S/6C15H11N.3C4H6O3.Ir/c6*1-2-7-13(8-3-1)15-14-9-5-4-6-12(14)10-11-16-15;3*1-3(5)2-4(6)7;/h6*1-11H;3*2H2,1H3,(H,6,7);/q;;;;;;;;;+3/p-3. The van der Waals surface area contributed by atoms with Gasteiger partial charge >= 0.3 is 20.1 Å². The van der Waals surface area contributed by atoms with E-state index in [9.17, 15) is 44.1 Å². The van der Waals surface area contributed by atoms with Crippen LogP contribution < -0.4 is 15.3 Å². The third kappa shape index (κ3) is 26.6. The van der Waals surface area contributed by atoms with Crippen LogP contribution in [0.15, 0.2) is 401 Å². The fourth-order valence-corrected chi connectivity index (χ4v) is 12.3. The molecule has 0 N–H and O–H groups in total. The second-order valence-corrected chi connectivity index (χ2v) is 26.2. The number of carboxylic acids is 3. The van der Waals surface area contributed by atoms with Crippen molar-refractivity contribution in [3.8, 4) is 67.5 Å². The first kappa shape index (κ1) is 87.1. The smallest absolute Gasteiger partial charge is 0.550 e. The molecule has 18 aromatic rings. The summed E-state index contributed by atoms with van der Waals surface area (Å²) in [4.78, 5) is 84.8. The average Bonchev–Trinajstić information content (AvgIpc) is 0.844. The molecule has 0 aliphatic rings. The summed E-state index contributed by atoms with van der Waals surface area (Å²) in [6.45, 7) is 3.61. The minimum absolute atomic E-state index is 0. The predicted molar refractivity (Wildman–Crippen MR) is 464 cm³/mol. The number of Topliss-reactive ketones (excluding diaryl/α,β-unsaturated/α-hetero) is 3. The molecule has 0 aliphatic heterocycles. The Bertz CT molecular complexity index is 5250. The first-order valence-corrected chi connectivity index (χ1v) is 37.5. The number of hydrogen-bond donors (Lipinski definition) is 0. The zero-order valence-corrected chi connectivity index (χ0v) is 67.3. The van der Waals surface area contributed by atoms with E-state index in [0.717, 1.165) is 34.2 Å². The molecule has 18 rings (SSSR count). The fraction of sp³-hybridized carbons (Fsp3) is 0.0588. The van der Waals surface area contributed by atoms with Gasteiger partial charge in [-0.1, -0.05) is 328 Å². The zero-order chi connectivity index (χ0) is 82.4. The third-order valence-corrected chi connectivity index (χ3v) is 17.5. The first-order valence-electron chi connectivity index (χ1n) is 37.5. The number of carbonyl (C=O) groups excluding carboxylic acids is 6. The van der Waals surface area contributed by atoms with E-state index in [1.54, 1.807) is 0 Å². The predicted octanol–water partition coefficient (Wildman–Crippen LogP) is 19.6. The Labute approximate surface area is 698 Å². The fourth-order valence-electron chi connectivity index (χ4n) is 12.3. The van der Waals surface area contributed by atoms with E-state index in [1.807, 2.05) is 183 Å². The molecule has 12 aromatic carbocycles. The van der Waals surface area contributed by atoms with Gasteiger partial charge in [-0.25, -0.2) is 0 Å². The number of carboxylic acid groups (broad SMARTS) is 3. The Morgan fingerprint density at radius 2 is 0.322 bits per heavy atom. The monoisotopic (exact) mass is 1730 g/mol. The Morgan fingerprint density at radius 1 is 0.195 bits per heavy atom. The summed E-state index contributed by atoms with van der Waals surface area (Å²) in [6, 6.07) is 124. The van der Waals surface area contributed by atoms with E-state index >= 15 is 0 Å². The topological polar surface area (TPSA) is 249 Å². The van der Waals surface area contributed by atoms with Crippen LogP contribution in [0.25, 0.3) is 132 Å². The first-order chi connectivity index (χ1) is 57.1. The summed E-state index contributed by atoms with van der Waals surface area (Å²) in [5.74, 6) is -5.06. The van der Waals surface area contributed by atoms with Crippen molar-refractivity contribution in [2.45, 2.75) is 40.0 Å². The molecule has 0 atom stereocenters. The molecule has 16 heteroatoms. The van der Waals surface area contributed by atoms with Crippen molar-refractivity contribution in [1.82, 2.24) is 29.9 Å². The Morgan fingerprint density at radius 3 is 0.441 bits per heavy atom. The van der Waals surface area contributed by atoms with Gasteiger partial charge in [-0.3, -0.25) is 44.3 Å². The van der Waals surface area contributed by atoms with E-state index in [4.69, 9.17) is 0 Å². The molecule has 0 unspecified atom stereocenters. The maximum Gasteiger partial charge on any atom is 3.00 e. The van der Waals surface area contributed by atoms with Crippen molar-refractivity contribution in [2.75, 3.05) is 0 Å². The number of hydrogen-bond acceptors (Lipinski definition) is 15. The van der Waals surface area contributed by atoms with Gasteiger partial charge in [-0.05, 0) is 89.5 Å². The van der Waals surface area contributed by atoms with Gasteiger partial charge in [0.25, 0.3) is 0 Å². The zero-order valence-electron chi connectivity index (χ0n) is 64.9. The van der Waals surface area contributed by atoms with Crippen LogP contribution in [0.1, 0.15) is 40.0 Å². The number of rotatable bonds is 12. The average molecular weight is 1730 g/mol. The minimum atomic E-state index is -1.31. The van der Waals surface area contributed by atoms with Crippen molar-refractivity contribution >= 4 is 99.9 Å². The molecule has 0 amide bonds. The Balaban J connectivity index is 0.000000154. The second-order valence-electron chi connectivity index (χ2n) is 26.2. The molecule has 15 nitrogen and oxygen atoms in total. The summed E-state index contributed by atoms with van der Waals surface area (Å²) in [6.07, 6.45) is 9.78. The summed E-state index contributed by atoms with van der Waals surface area (Å²) in [5, 5.41) is 43.1. The number of carbonyl (C=O) groups is 6. The van der Waals surface area contributed by atoms with Crippen LogP contribution in [0.5, 0.6) is 0 Å². The van der Waals surface area contributed by atoms with Gasteiger partial charge in [0.2, 0.25) is 0 Å². The van der Waals surface area contributed by atoms with Gasteiger partial charge in [-0.15, -0.1) is 0 Å². The molecule has 6 aromatic heterocycles. The molecule has 0 fully saturated rings. The van der Waals surface area contributed by atoms with Gasteiger partial charge in [0, 0.05) is 140 Å². The number of aliphatic carboxylic acids is 3. The molecule has 0 aliphatic carbocycles. The van der Waals surface area contributed by atoms with Crippen LogP contribution in [0.4, 0.5) is 0 Å². The Hall–Kier alpha value is -14.8. The molecule has 0 radical (unpaired) electrons. The summed E-state index contributed by atoms with van der Waals surface area (Å²) in [7, 11) is 0. The minimum Gasteiger partial charge on any atom is -0.550 e. The largest absolute Gasteiger partial charge is 3.00 e. The SMILES string of the molecule is CC(=O)CC(=O)[O-].CC(=O)CC(=O)[O-].CC(=O)CC(=O)[O-].[Ir+3].c1ccc(-c2nccc3ccccc23)cc1.c1ccc(-c2nccc3ccccc23)cc1.c1ccc(-c2nccc3ccccc23)cc1.c1ccc(-c2nccc3ccccc23)cc1.c1ccc(-c2nccc3ccccc23)cc1.c1ccc(-c2nccc3ccccc23)cc1. The number of ketones is 3. The Kier molecular flexibility index (Phi) is 34.2. The molecule has 6 heterocycles. The number of benzene rings is 12. The van der Waals surface area contributed by atoms with Gasteiger partial charge in [0.05, 0.1) is 34.2 Å². The molecular weight excluding hydrogens is 1650 g/mol. The van der Waals surface area contributed by atoms with Crippen molar-refractivity contribution in [3.05, 3.63) is 401 Å². The van der Waals surface area contributed by atoms with E-state index in [-0.39, 0.29) is 37.5 Å². The second kappa shape index (κ2) is 46.4. The number of aromatic nitrogens is 6.